The summed E-state index contributed by atoms with van der Waals surface area (Å²) in [5.41, 5.74) is 11.1. The third kappa shape index (κ3) is 18.2. The number of guanidine groups is 2. The maximum atomic E-state index is 13.1. The lowest BCUT2D eigenvalue weighted by Crippen LogP contribution is -2.42. The predicted octanol–water partition coefficient (Wildman–Crippen LogP) is 1.54. The Kier molecular flexibility index (Phi) is 19.9. The largest absolute Gasteiger partial charge is 0.491 e. The van der Waals surface area contributed by atoms with Crippen LogP contribution in [0.5, 0.6) is 23.0 Å². The van der Waals surface area contributed by atoms with Gasteiger partial charge in [0.25, 0.3) is 11.8 Å². The fourth-order valence-electron chi connectivity index (χ4n) is 5.70. The van der Waals surface area contributed by atoms with E-state index >= 15 is 0 Å². The van der Waals surface area contributed by atoms with Gasteiger partial charge in [0.2, 0.25) is 0 Å². The van der Waals surface area contributed by atoms with Gasteiger partial charge >= 0.3 is 35.8 Å². The normalized spacial score (nSPS) is 11.4. The molecule has 0 aliphatic carbocycles. The van der Waals surface area contributed by atoms with Crippen LogP contribution in [-0.4, -0.2) is 132 Å². The second kappa shape index (κ2) is 26.1. The van der Waals surface area contributed by atoms with Crippen LogP contribution in [0.4, 0.5) is 11.4 Å². The number of carboxylic acids is 4. The van der Waals surface area contributed by atoms with Crippen LogP contribution < -0.4 is 51.7 Å². The molecule has 0 radical (unpaired) electrons. The van der Waals surface area contributed by atoms with Crippen LogP contribution in [0.3, 0.4) is 0 Å². The third-order valence-electron chi connectivity index (χ3n) is 8.83. The van der Waals surface area contributed by atoms with Gasteiger partial charge in [0.05, 0.1) is 50.4 Å². The standard InChI is InChI=1S/C44H46N8O18/c45-43(46)49-27-5-1-23(2-6-27)41(63)69-31-17-25(37(57)51-33(39(59)60)21-35(53)54)15-29(19-31)67-13-11-65-9-10-66-12-14-68-30-16-26(38(58)52-34(40(61)62)22-36(55)56)18-32(20-30)70-42(64)24-3-7-28(8-4-24)50-44(47)48/h1-8,15-20,33-34H,9-14,21-22H2,(H,51,57)(H,52,58)(H,53,54)(H,55,56)(H,59,60)(H,61,62)(H4,45,46,49)(H4,47,48,50)/t33-,34-/m0/s1. The smallest absolute Gasteiger partial charge is 0.343 e. The summed E-state index contributed by atoms with van der Waals surface area (Å²) in [7, 11) is 0. The van der Waals surface area contributed by atoms with Crippen LogP contribution in [0.15, 0.2) is 84.9 Å². The Bertz CT molecular complexity index is 2410. The Morgan fingerprint density at radius 2 is 0.800 bits per heavy atom. The lowest BCUT2D eigenvalue weighted by atomic mass is 10.1. The van der Waals surface area contributed by atoms with Crippen molar-refractivity contribution in [1.29, 1.82) is 10.8 Å². The van der Waals surface area contributed by atoms with Gasteiger partial charge in [0.15, 0.2) is 11.9 Å². The van der Waals surface area contributed by atoms with Gasteiger partial charge in [-0.15, -0.1) is 0 Å². The number of aliphatic carboxylic acids is 4. The van der Waals surface area contributed by atoms with Crippen molar-refractivity contribution in [3.05, 3.63) is 107 Å². The molecule has 2 atom stereocenters. The summed E-state index contributed by atoms with van der Waals surface area (Å²) in [6.45, 7) is -0.221. The highest BCUT2D eigenvalue weighted by Gasteiger charge is 2.26. The van der Waals surface area contributed by atoms with Crippen molar-refractivity contribution in [3.63, 3.8) is 0 Å². The number of esters is 2. The van der Waals surface area contributed by atoms with Gasteiger partial charge in [-0.1, -0.05) is 0 Å². The van der Waals surface area contributed by atoms with Crippen LogP contribution in [-0.2, 0) is 28.7 Å². The quantitative estimate of drug-likeness (QED) is 0.0133. The van der Waals surface area contributed by atoms with Crippen molar-refractivity contribution in [1.82, 2.24) is 10.6 Å². The first-order chi connectivity index (χ1) is 33.3. The predicted molar refractivity (Wildman–Crippen MR) is 242 cm³/mol. The Morgan fingerprint density at radius 3 is 1.11 bits per heavy atom. The molecule has 0 aliphatic rings. The SMILES string of the molecule is N=C(N)Nc1ccc(C(=O)Oc2cc(OCCOCCOCCOc3cc(OC(=O)c4ccc(NC(=N)N)cc4)cc(C(=O)N[C@@H](CC(=O)O)C(=O)O)c3)cc(C(=O)N[C@@H](CC(=O)O)C(=O)O)c2)cc1. The average Bonchev–Trinajstić information content (AvgIpc) is 3.28. The third-order valence-corrected chi connectivity index (χ3v) is 8.83. The number of amides is 2. The summed E-state index contributed by atoms with van der Waals surface area (Å²) in [5.74, 6) is -11.0. The van der Waals surface area contributed by atoms with Crippen LogP contribution in [0.2, 0.25) is 0 Å². The van der Waals surface area contributed by atoms with Crippen LogP contribution in [0.1, 0.15) is 54.3 Å². The zero-order valence-corrected chi connectivity index (χ0v) is 36.6. The molecule has 370 valence electrons. The highest BCUT2D eigenvalue weighted by atomic mass is 16.6. The van der Waals surface area contributed by atoms with E-state index in [1.54, 1.807) is 0 Å². The highest BCUT2D eigenvalue weighted by molar-refractivity contribution is 6.00. The molecule has 0 aliphatic heterocycles. The first-order valence-electron chi connectivity index (χ1n) is 20.3. The molecule has 0 aromatic heterocycles. The molecule has 26 heteroatoms. The van der Waals surface area contributed by atoms with E-state index in [0.29, 0.717) is 11.4 Å². The van der Waals surface area contributed by atoms with Gasteiger partial charge in [0.1, 0.15) is 48.3 Å². The van der Waals surface area contributed by atoms with Gasteiger partial charge in [-0.05, 0) is 72.8 Å². The van der Waals surface area contributed by atoms with Crippen LogP contribution >= 0.6 is 0 Å². The Morgan fingerprint density at radius 1 is 0.471 bits per heavy atom. The lowest BCUT2D eigenvalue weighted by molar-refractivity contribution is -0.145. The van der Waals surface area contributed by atoms with Gasteiger partial charge in [-0.2, -0.15) is 0 Å². The van der Waals surface area contributed by atoms with Gasteiger partial charge in [-0.3, -0.25) is 30.0 Å². The molecule has 4 aromatic rings. The Balaban J connectivity index is 1.33. The number of rotatable bonds is 27. The second-order valence-corrected chi connectivity index (χ2v) is 14.2. The number of carbonyl (C=O) groups excluding carboxylic acids is 4. The molecule has 0 saturated carbocycles. The van der Waals surface area contributed by atoms with E-state index < -0.39 is 72.6 Å². The van der Waals surface area contributed by atoms with Crippen LogP contribution in [0, 0.1) is 10.8 Å². The van der Waals surface area contributed by atoms with Crippen molar-refractivity contribution in [2.75, 3.05) is 50.3 Å². The van der Waals surface area contributed by atoms with E-state index in [0.717, 1.165) is 12.1 Å². The number of nitrogens with two attached hydrogens (primary N) is 2. The minimum Gasteiger partial charge on any atom is -0.491 e. The molecule has 0 bridgehead atoms. The Hall–Kier alpha value is -9.30. The Labute approximate surface area is 395 Å². The molecular weight excluding hydrogens is 929 g/mol. The van der Waals surface area contributed by atoms with E-state index in [1.165, 1.54) is 72.8 Å². The average molecular weight is 975 g/mol. The van der Waals surface area contributed by atoms with Gasteiger partial charge < -0.3 is 81.6 Å². The summed E-state index contributed by atoms with van der Waals surface area (Å²) in [6, 6.07) is 15.0. The molecule has 0 unspecified atom stereocenters. The van der Waals surface area contributed by atoms with Crippen molar-refractivity contribution < 1.29 is 87.2 Å². The second-order valence-electron chi connectivity index (χ2n) is 14.2. The maximum absolute atomic E-state index is 13.1. The number of anilines is 2. The van der Waals surface area contributed by atoms with Crippen molar-refractivity contribution in [2.24, 2.45) is 11.5 Å². The number of nitrogens with one attached hydrogen (secondary N) is 6. The van der Waals surface area contributed by atoms with E-state index in [1.807, 2.05) is 0 Å². The first kappa shape index (κ1) is 53.3. The van der Waals surface area contributed by atoms with Crippen molar-refractivity contribution in [2.45, 2.75) is 24.9 Å². The molecule has 0 saturated heterocycles. The summed E-state index contributed by atoms with van der Waals surface area (Å²) < 4.78 is 33.4. The summed E-state index contributed by atoms with van der Waals surface area (Å²) in [5, 5.41) is 61.0. The molecule has 0 heterocycles. The fraction of sp³-hybridized carbons (Fsp3) is 0.227. The minimum absolute atomic E-state index is 0.0163. The van der Waals surface area contributed by atoms with Gasteiger partial charge in [0, 0.05) is 34.6 Å². The molecule has 2 amide bonds. The molecule has 4 aromatic carbocycles. The van der Waals surface area contributed by atoms with E-state index in [-0.39, 0.29) is 96.8 Å². The summed E-state index contributed by atoms with van der Waals surface area (Å²) in [4.78, 5) is 97.6. The fourth-order valence-corrected chi connectivity index (χ4v) is 5.70. The van der Waals surface area contributed by atoms with Crippen LogP contribution in [0.25, 0.3) is 0 Å². The molecule has 4 rings (SSSR count). The van der Waals surface area contributed by atoms with E-state index in [9.17, 15) is 48.6 Å². The zero-order chi connectivity index (χ0) is 51.3. The maximum Gasteiger partial charge on any atom is 0.343 e. The van der Waals surface area contributed by atoms with Gasteiger partial charge in [-0.25, -0.2) is 19.2 Å². The molecular formula is C44H46N8O18. The molecule has 14 N–H and O–H groups in total. The topological polar surface area (TPSA) is 421 Å². The monoisotopic (exact) mass is 974 g/mol. The molecule has 70 heavy (non-hydrogen) atoms. The number of hydrogen-bond donors (Lipinski definition) is 12. The number of hydrogen-bond acceptors (Lipinski definition) is 16. The van der Waals surface area contributed by atoms with E-state index in [2.05, 4.69) is 21.3 Å². The minimum atomic E-state index is -1.79. The number of carbonyl (C=O) groups is 8. The number of carboxylic acid groups (broad SMARTS) is 4. The first-order valence-corrected chi connectivity index (χ1v) is 20.3. The molecule has 0 spiro atoms. The molecule has 0 fully saturated rings. The molecule has 26 nitrogen and oxygen atoms in total. The van der Waals surface area contributed by atoms with Crippen molar-refractivity contribution >= 4 is 70.9 Å². The summed E-state index contributed by atoms with van der Waals surface area (Å²) in [6.07, 6.45) is -1.85. The van der Waals surface area contributed by atoms with Crippen molar-refractivity contribution in [3.8, 4) is 23.0 Å². The number of benzene rings is 4. The lowest BCUT2D eigenvalue weighted by Gasteiger charge is -2.15. The van der Waals surface area contributed by atoms with E-state index in [4.69, 9.17) is 60.9 Å². The highest BCUT2D eigenvalue weighted by Crippen LogP contribution is 2.26. The zero-order valence-electron chi connectivity index (χ0n) is 36.6. The summed E-state index contributed by atoms with van der Waals surface area (Å²) >= 11 is 0. The number of ether oxygens (including phenoxy) is 6.